The molecule has 0 saturated carbocycles. The van der Waals surface area contributed by atoms with Gasteiger partial charge >= 0.3 is 0 Å². The van der Waals surface area contributed by atoms with Gasteiger partial charge in [0.1, 0.15) is 0 Å². The minimum atomic E-state index is 1.11. The Bertz CT molecular complexity index is 460. The number of rotatable bonds is 4. The highest BCUT2D eigenvalue weighted by atomic mass is 32.2. The van der Waals surface area contributed by atoms with Crippen molar-refractivity contribution in [3.8, 4) is 0 Å². The zero-order chi connectivity index (χ0) is 12.8. The molecule has 0 amide bonds. The van der Waals surface area contributed by atoms with Crippen LogP contribution in [0.15, 0.2) is 63.9 Å². The van der Waals surface area contributed by atoms with Crippen LogP contribution in [-0.4, -0.2) is 0 Å². The molecular weight excluding hydrogens is 224 g/mol. The molecule has 0 N–H and O–H groups in total. The van der Waals surface area contributed by atoms with Crippen LogP contribution in [0, 0.1) is 6.92 Å². The Labute approximate surface area is 109 Å². The highest BCUT2D eigenvalue weighted by Gasteiger charge is 2.03. The van der Waals surface area contributed by atoms with Crippen LogP contribution < -0.4 is 0 Å². The van der Waals surface area contributed by atoms with Crippen LogP contribution in [0.1, 0.15) is 26.3 Å². The summed E-state index contributed by atoms with van der Waals surface area (Å²) in [6.07, 6.45) is 4.28. The third kappa shape index (κ3) is 4.66. The summed E-state index contributed by atoms with van der Waals surface area (Å²) in [6, 6.07) is 8.44. The maximum Gasteiger partial charge on any atom is 0.0151 e. The molecule has 0 bridgehead atoms. The van der Waals surface area contributed by atoms with E-state index in [4.69, 9.17) is 0 Å². The van der Waals surface area contributed by atoms with Gasteiger partial charge in [-0.05, 0) is 51.0 Å². The molecule has 0 spiro atoms. The van der Waals surface area contributed by atoms with Gasteiger partial charge in [-0.15, -0.1) is 0 Å². The van der Waals surface area contributed by atoms with E-state index in [1.54, 1.807) is 11.8 Å². The number of benzene rings is 1. The zero-order valence-corrected chi connectivity index (χ0v) is 11.9. The molecule has 0 aliphatic carbocycles. The van der Waals surface area contributed by atoms with Crippen LogP contribution in [-0.2, 0) is 0 Å². The van der Waals surface area contributed by atoms with Gasteiger partial charge in [0.15, 0.2) is 0 Å². The highest BCUT2D eigenvalue weighted by molar-refractivity contribution is 8.03. The van der Waals surface area contributed by atoms with Gasteiger partial charge in [-0.3, -0.25) is 0 Å². The lowest BCUT2D eigenvalue weighted by molar-refractivity contribution is 1.30. The number of hydrogen-bond acceptors (Lipinski definition) is 1. The van der Waals surface area contributed by atoms with Crippen LogP contribution in [0.5, 0.6) is 0 Å². The molecule has 1 heteroatoms. The number of hydrogen-bond donors (Lipinski definition) is 0. The Morgan fingerprint density at radius 2 is 1.76 bits per heavy atom. The summed E-state index contributed by atoms with van der Waals surface area (Å²) in [5, 5.41) is 0. The minimum absolute atomic E-state index is 1.11. The van der Waals surface area contributed by atoms with Gasteiger partial charge in [0.05, 0.1) is 0 Å². The average Bonchev–Trinajstić information content (AvgIpc) is 2.25. The number of aryl methyl sites for hydroxylation is 1. The molecule has 17 heavy (non-hydrogen) atoms. The Morgan fingerprint density at radius 1 is 1.12 bits per heavy atom. The van der Waals surface area contributed by atoms with Gasteiger partial charge in [0, 0.05) is 9.80 Å². The standard InChI is InChI=1S/C16H20S/c1-12(2)10-11-15(13(3)4)17-16-9-7-6-8-14(16)5/h6-11H,3H2,1-2,4-5H3/b15-11+. The fourth-order valence-electron chi connectivity index (χ4n) is 1.30. The van der Waals surface area contributed by atoms with E-state index in [9.17, 15) is 0 Å². The van der Waals surface area contributed by atoms with Gasteiger partial charge in [0.2, 0.25) is 0 Å². The summed E-state index contributed by atoms with van der Waals surface area (Å²) in [7, 11) is 0. The lowest BCUT2D eigenvalue weighted by Crippen LogP contribution is -1.82. The highest BCUT2D eigenvalue weighted by Crippen LogP contribution is 2.32. The van der Waals surface area contributed by atoms with Crippen LogP contribution in [0.25, 0.3) is 0 Å². The van der Waals surface area contributed by atoms with Gasteiger partial charge in [-0.1, -0.05) is 48.2 Å². The SMILES string of the molecule is C=C(C)/C(=C\C=C(C)C)Sc1ccccc1C. The second-order valence-electron chi connectivity index (χ2n) is 4.42. The number of allylic oxidation sites excluding steroid dienone is 4. The molecular formula is C16H20S. The molecule has 0 nitrogen and oxygen atoms in total. The van der Waals surface area contributed by atoms with E-state index in [0.29, 0.717) is 0 Å². The third-order valence-corrected chi connectivity index (χ3v) is 3.68. The van der Waals surface area contributed by atoms with Gasteiger partial charge in [0.25, 0.3) is 0 Å². The molecule has 0 atom stereocenters. The van der Waals surface area contributed by atoms with Crippen molar-refractivity contribution in [1.82, 2.24) is 0 Å². The molecule has 0 unspecified atom stereocenters. The number of thioether (sulfide) groups is 1. The molecule has 0 aliphatic heterocycles. The average molecular weight is 244 g/mol. The van der Waals surface area contributed by atoms with Crippen LogP contribution >= 0.6 is 11.8 Å². The predicted molar refractivity (Wildman–Crippen MR) is 79.4 cm³/mol. The minimum Gasteiger partial charge on any atom is -0.0950 e. The summed E-state index contributed by atoms with van der Waals surface area (Å²) < 4.78 is 0. The molecule has 0 aromatic heterocycles. The fraction of sp³-hybridized carbons (Fsp3) is 0.250. The summed E-state index contributed by atoms with van der Waals surface area (Å²) in [5.74, 6) is 0. The Morgan fingerprint density at radius 3 is 2.29 bits per heavy atom. The van der Waals surface area contributed by atoms with Crippen LogP contribution in [0.3, 0.4) is 0 Å². The van der Waals surface area contributed by atoms with Crippen molar-refractivity contribution in [3.05, 3.63) is 64.6 Å². The van der Waals surface area contributed by atoms with E-state index in [-0.39, 0.29) is 0 Å². The summed E-state index contributed by atoms with van der Waals surface area (Å²) >= 11 is 1.78. The predicted octanol–water partition coefficient (Wildman–Crippen LogP) is 5.51. The van der Waals surface area contributed by atoms with Crippen molar-refractivity contribution < 1.29 is 0 Å². The van der Waals surface area contributed by atoms with Gasteiger partial charge < -0.3 is 0 Å². The molecule has 0 saturated heterocycles. The molecule has 0 aliphatic rings. The third-order valence-electron chi connectivity index (χ3n) is 2.30. The largest absolute Gasteiger partial charge is 0.0950 e. The quantitative estimate of drug-likeness (QED) is 0.497. The van der Waals surface area contributed by atoms with E-state index in [2.05, 4.69) is 70.7 Å². The topological polar surface area (TPSA) is 0 Å². The second-order valence-corrected chi connectivity index (χ2v) is 5.51. The van der Waals surface area contributed by atoms with E-state index < -0.39 is 0 Å². The van der Waals surface area contributed by atoms with E-state index in [0.717, 1.165) is 5.57 Å². The maximum atomic E-state index is 4.04. The normalized spacial score (nSPS) is 11.2. The summed E-state index contributed by atoms with van der Waals surface area (Å²) in [6.45, 7) is 12.4. The molecule has 1 aromatic carbocycles. The Balaban J connectivity index is 2.96. The van der Waals surface area contributed by atoms with E-state index in [1.807, 2.05) is 0 Å². The van der Waals surface area contributed by atoms with Crippen molar-refractivity contribution in [2.45, 2.75) is 32.6 Å². The van der Waals surface area contributed by atoms with Crippen molar-refractivity contribution in [2.24, 2.45) is 0 Å². The van der Waals surface area contributed by atoms with Crippen molar-refractivity contribution in [2.75, 3.05) is 0 Å². The Kier molecular flexibility index (Phi) is 5.30. The first-order valence-electron chi connectivity index (χ1n) is 5.75. The van der Waals surface area contributed by atoms with Gasteiger partial charge in [-0.25, -0.2) is 0 Å². The lowest BCUT2D eigenvalue weighted by atomic mass is 10.2. The monoisotopic (exact) mass is 244 g/mol. The smallest absolute Gasteiger partial charge is 0.0151 e. The van der Waals surface area contributed by atoms with Crippen LogP contribution in [0.2, 0.25) is 0 Å². The first-order valence-corrected chi connectivity index (χ1v) is 6.57. The van der Waals surface area contributed by atoms with Crippen LogP contribution in [0.4, 0.5) is 0 Å². The summed E-state index contributed by atoms with van der Waals surface area (Å²) in [4.78, 5) is 2.52. The van der Waals surface area contributed by atoms with Crippen molar-refractivity contribution in [1.29, 1.82) is 0 Å². The van der Waals surface area contributed by atoms with Crippen molar-refractivity contribution in [3.63, 3.8) is 0 Å². The van der Waals surface area contributed by atoms with Crippen molar-refractivity contribution >= 4 is 11.8 Å². The lowest BCUT2D eigenvalue weighted by Gasteiger charge is -2.08. The molecule has 90 valence electrons. The second kappa shape index (κ2) is 6.51. The zero-order valence-electron chi connectivity index (χ0n) is 11.1. The van der Waals surface area contributed by atoms with E-state index >= 15 is 0 Å². The molecule has 0 heterocycles. The molecule has 0 radical (unpaired) electrons. The summed E-state index contributed by atoms with van der Waals surface area (Å²) in [5.41, 5.74) is 3.71. The van der Waals surface area contributed by atoms with Gasteiger partial charge in [-0.2, -0.15) is 0 Å². The first-order chi connectivity index (χ1) is 8.00. The van der Waals surface area contributed by atoms with E-state index in [1.165, 1.54) is 20.9 Å². The molecule has 1 aromatic rings. The maximum absolute atomic E-state index is 4.04. The molecule has 0 fully saturated rings. The first kappa shape index (κ1) is 13.9. The fourth-order valence-corrected chi connectivity index (χ4v) is 2.22. The Hall–Kier alpha value is -1.21. The molecule has 1 rings (SSSR count).